The molecule has 0 radical (unpaired) electrons. The van der Waals surface area contributed by atoms with Crippen molar-refractivity contribution in [1.82, 2.24) is 4.31 Å². The summed E-state index contributed by atoms with van der Waals surface area (Å²) in [5, 5.41) is 0. The minimum atomic E-state index is -3.77. The molecule has 0 aliphatic carbocycles. The van der Waals surface area contributed by atoms with Gasteiger partial charge in [-0.15, -0.1) is 0 Å². The first-order chi connectivity index (χ1) is 16.2. The number of ketones is 1. The van der Waals surface area contributed by atoms with Crippen molar-refractivity contribution < 1.29 is 13.2 Å². The molecule has 5 heteroatoms. The molecule has 0 amide bonds. The molecular weight excluding hydrogens is 442 g/mol. The zero-order valence-corrected chi connectivity index (χ0v) is 20.9. The third kappa shape index (κ3) is 4.50. The van der Waals surface area contributed by atoms with Gasteiger partial charge in [0, 0.05) is 17.7 Å². The molecule has 0 spiro atoms. The van der Waals surface area contributed by atoms with Gasteiger partial charge in [0.1, 0.15) is 0 Å². The molecule has 4 rings (SSSR count). The molecule has 0 N–H and O–H groups in total. The SMILES string of the molecule is Cc1ccc(S(=O)(=O)N2C[C@H](C)C(C(=O)c3ccccc3)=C(c3ccccc3)[C@@H]2C(C)C)cc1. The number of hydrogen-bond donors (Lipinski definition) is 0. The van der Waals surface area contributed by atoms with Gasteiger partial charge in [0.05, 0.1) is 10.9 Å². The molecule has 2 atom stereocenters. The highest BCUT2D eigenvalue weighted by Gasteiger charge is 2.44. The Morgan fingerprint density at radius 3 is 2.00 bits per heavy atom. The fraction of sp³-hybridized carbons (Fsp3) is 0.276. The lowest BCUT2D eigenvalue weighted by molar-refractivity contribution is 0.101. The van der Waals surface area contributed by atoms with Crippen molar-refractivity contribution in [2.24, 2.45) is 11.8 Å². The van der Waals surface area contributed by atoms with E-state index in [0.717, 1.165) is 16.7 Å². The van der Waals surface area contributed by atoms with Crippen LogP contribution in [0.1, 0.15) is 42.3 Å². The molecule has 0 saturated carbocycles. The Morgan fingerprint density at radius 2 is 1.44 bits per heavy atom. The maximum atomic E-state index is 13.9. The number of sulfonamides is 1. The van der Waals surface area contributed by atoms with Gasteiger partial charge in [-0.3, -0.25) is 4.79 Å². The van der Waals surface area contributed by atoms with E-state index in [1.807, 2.05) is 100 Å². The van der Waals surface area contributed by atoms with E-state index >= 15 is 0 Å². The molecule has 3 aromatic rings. The minimum Gasteiger partial charge on any atom is -0.289 e. The summed E-state index contributed by atoms with van der Waals surface area (Å²) in [5.41, 5.74) is 4.02. The van der Waals surface area contributed by atoms with Crippen LogP contribution in [-0.2, 0) is 10.0 Å². The molecule has 0 bridgehead atoms. The minimum absolute atomic E-state index is 0.0370. The van der Waals surface area contributed by atoms with Crippen LogP contribution >= 0.6 is 0 Å². The molecule has 34 heavy (non-hydrogen) atoms. The molecule has 0 fully saturated rings. The van der Waals surface area contributed by atoms with Crippen molar-refractivity contribution in [2.75, 3.05) is 6.54 Å². The van der Waals surface area contributed by atoms with Crippen LogP contribution in [0.2, 0.25) is 0 Å². The van der Waals surface area contributed by atoms with Crippen molar-refractivity contribution in [3.63, 3.8) is 0 Å². The molecule has 4 nitrogen and oxygen atoms in total. The number of aryl methyl sites for hydroxylation is 1. The van der Waals surface area contributed by atoms with Crippen LogP contribution in [0.3, 0.4) is 0 Å². The number of rotatable bonds is 6. The molecule has 1 aliphatic rings. The smallest absolute Gasteiger partial charge is 0.243 e. The van der Waals surface area contributed by atoms with Crippen LogP contribution < -0.4 is 0 Å². The van der Waals surface area contributed by atoms with E-state index in [1.54, 1.807) is 16.4 Å². The number of Topliss-reactive ketones (excluding diaryl/α,β-unsaturated/α-hetero) is 1. The maximum Gasteiger partial charge on any atom is 0.243 e. The lowest BCUT2D eigenvalue weighted by Gasteiger charge is -2.42. The van der Waals surface area contributed by atoms with Gasteiger partial charge >= 0.3 is 0 Å². The normalized spacial score (nSPS) is 19.4. The first kappa shape index (κ1) is 24.1. The topological polar surface area (TPSA) is 54.5 Å². The number of nitrogens with zero attached hydrogens (tertiary/aromatic N) is 1. The summed E-state index contributed by atoms with van der Waals surface area (Å²) in [6.07, 6.45) is 0. The van der Waals surface area contributed by atoms with Gasteiger partial charge in [0.25, 0.3) is 0 Å². The van der Waals surface area contributed by atoms with Crippen molar-refractivity contribution in [2.45, 2.75) is 38.6 Å². The largest absolute Gasteiger partial charge is 0.289 e. The van der Waals surface area contributed by atoms with Gasteiger partial charge in [-0.2, -0.15) is 4.31 Å². The van der Waals surface area contributed by atoms with E-state index in [2.05, 4.69) is 0 Å². The van der Waals surface area contributed by atoms with E-state index in [9.17, 15) is 13.2 Å². The fourth-order valence-electron chi connectivity index (χ4n) is 4.84. The lowest BCUT2D eigenvalue weighted by Crippen LogP contribution is -2.50. The monoisotopic (exact) mass is 473 g/mol. The zero-order chi connectivity index (χ0) is 24.5. The summed E-state index contributed by atoms with van der Waals surface area (Å²) >= 11 is 0. The predicted molar refractivity (Wildman–Crippen MR) is 137 cm³/mol. The number of benzene rings is 3. The Morgan fingerprint density at radius 1 is 0.882 bits per heavy atom. The highest BCUT2D eigenvalue weighted by Crippen LogP contribution is 2.42. The van der Waals surface area contributed by atoms with Crippen LogP contribution in [0.15, 0.2) is 95.4 Å². The third-order valence-corrected chi connectivity index (χ3v) is 8.33. The van der Waals surface area contributed by atoms with Gasteiger partial charge < -0.3 is 0 Å². The highest BCUT2D eigenvalue weighted by molar-refractivity contribution is 7.89. The molecule has 176 valence electrons. The lowest BCUT2D eigenvalue weighted by atomic mass is 9.77. The Hall–Kier alpha value is -3.02. The maximum absolute atomic E-state index is 13.9. The number of carbonyl (C=O) groups excluding carboxylic acids is 1. The van der Waals surface area contributed by atoms with Crippen molar-refractivity contribution in [3.8, 4) is 0 Å². The van der Waals surface area contributed by atoms with Gasteiger partial charge in [0.15, 0.2) is 5.78 Å². The van der Waals surface area contributed by atoms with E-state index in [0.29, 0.717) is 11.1 Å². The first-order valence-corrected chi connectivity index (χ1v) is 13.1. The van der Waals surface area contributed by atoms with Crippen molar-refractivity contribution >= 4 is 21.4 Å². The van der Waals surface area contributed by atoms with Crippen LogP contribution in [0.25, 0.3) is 5.57 Å². The van der Waals surface area contributed by atoms with E-state index in [1.165, 1.54) is 0 Å². The second-order valence-electron chi connectivity index (χ2n) is 9.37. The Balaban J connectivity index is 1.94. The molecule has 0 unspecified atom stereocenters. The van der Waals surface area contributed by atoms with Crippen LogP contribution in [0.5, 0.6) is 0 Å². The molecule has 1 heterocycles. The standard InChI is InChI=1S/C29H31NO3S/c1-20(2)28-27(23-11-7-5-8-12-23)26(29(31)24-13-9-6-10-14-24)22(4)19-30(28)34(32,33)25-17-15-21(3)16-18-25/h5-18,20,22,28H,19H2,1-4H3/t22-,28-/m0/s1. The van der Waals surface area contributed by atoms with Crippen molar-refractivity contribution in [3.05, 3.63) is 107 Å². The van der Waals surface area contributed by atoms with Gasteiger partial charge in [-0.1, -0.05) is 99.1 Å². The highest BCUT2D eigenvalue weighted by atomic mass is 32.2. The first-order valence-electron chi connectivity index (χ1n) is 11.7. The second kappa shape index (κ2) is 9.69. The average Bonchev–Trinajstić information content (AvgIpc) is 2.84. The quantitative estimate of drug-likeness (QED) is 0.413. The zero-order valence-electron chi connectivity index (χ0n) is 20.1. The van der Waals surface area contributed by atoms with Crippen LogP contribution in [0.4, 0.5) is 0 Å². The molecule has 3 aromatic carbocycles. The van der Waals surface area contributed by atoms with Gasteiger partial charge in [-0.25, -0.2) is 8.42 Å². The second-order valence-corrected chi connectivity index (χ2v) is 11.3. The molecule has 0 aromatic heterocycles. The molecule has 0 saturated heterocycles. The summed E-state index contributed by atoms with van der Waals surface area (Å²) in [6.45, 7) is 8.18. The summed E-state index contributed by atoms with van der Waals surface area (Å²) in [4.78, 5) is 14.1. The average molecular weight is 474 g/mol. The summed E-state index contributed by atoms with van der Waals surface area (Å²) in [7, 11) is -3.77. The number of carbonyl (C=O) groups is 1. The van der Waals surface area contributed by atoms with E-state index in [-0.39, 0.29) is 29.1 Å². The van der Waals surface area contributed by atoms with E-state index < -0.39 is 16.1 Å². The summed E-state index contributed by atoms with van der Waals surface area (Å²) in [6, 6.07) is 25.5. The summed E-state index contributed by atoms with van der Waals surface area (Å²) in [5.74, 6) is -0.343. The van der Waals surface area contributed by atoms with Crippen LogP contribution in [0, 0.1) is 18.8 Å². The summed E-state index contributed by atoms with van der Waals surface area (Å²) < 4.78 is 29.4. The van der Waals surface area contributed by atoms with Crippen LogP contribution in [-0.4, -0.2) is 31.1 Å². The van der Waals surface area contributed by atoms with Gasteiger partial charge in [0.2, 0.25) is 10.0 Å². The Kier molecular flexibility index (Phi) is 6.87. The predicted octanol–water partition coefficient (Wildman–Crippen LogP) is 6.00. The Bertz CT molecular complexity index is 1290. The number of hydrogen-bond acceptors (Lipinski definition) is 3. The van der Waals surface area contributed by atoms with E-state index in [4.69, 9.17) is 0 Å². The molecular formula is C29H31NO3S. The Labute approximate surface area is 203 Å². The third-order valence-electron chi connectivity index (χ3n) is 6.47. The van der Waals surface area contributed by atoms with Crippen molar-refractivity contribution in [1.29, 1.82) is 0 Å². The van der Waals surface area contributed by atoms with Gasteiger partial charge in [-0.05, 0) is 42.0 Å². The fourth-order valence-corrected chi connectivity index (χ4v) is 6.66. The molecule has 1 aliphatic heterocycles.